The summed E-state index contributed by atoms with van der Waals surface area (Å²) in [5.74, 6) is 2.25. The second-order valence-corrected chi connectivity index (χ2v) is 8.74. The second kappa shape index (κ2) is 11.5. The molecule has 0 aliphatic rings. The van der Waals surface area contributed by atoms with Crippen molar-refractivity contribution in [1.82, 2.24) is 14.9 Å². The summed E-state index contributed by atoms with van der Waals surface area (Å²) in [6.45, 7) is 6.38. The minimum Gasteiger partial charge on any atom is -0.494 e. The number of aryl methyl sites for hydroxylation is 4. The minimum absolute atomic E-state index is 0.158. The van der Waals surface area contributed by atoms with Crippen molar-refractivity contribution in [2.75, 3.05) is 13.2 Å². The van der Waals surface area contributed by atoms with Crippen LogP contribution >= 0.6 is 0 Å². The van der Waals surface area contributed by atoms with Gasteiger partial charge in [-0.25, -0.2) is 4.98 Å². The van der Waals surface area contributed by atoms with Crippen molar-refractivity contribution in [3.8, 4) is 5.75 Å². The largest absolute Gasteiger partial charge is 0.494 e. The van der Waals surface area contributed by atoms with Crippen LogP contribution < -0.4 is 10.1 Å². The van der Waals surface area contributed by atoms with E-state index in [9.17, 15) is 4.79 Å². The summed E-state index contributed by atoms with van der Waals surface area (Å²) >= 11 is 0. The molecular weight excluding hydrogens is 426 g/mol. The number of para-hydroxylation sites is 2. The van der Waals surface area contributed by atoms with E-state index in [1.807, 2.05) is 6.07 Å². The Bertz CT molecular complexity index is 1190. The van der Waals surface area contributed by atoms with Gasteiger partial charge in [0.1, 0.15) is 11.6 Å². The number of imidazole rings is 1. The number of nitrogens with zero attached hydrogens (tertiary/aromatic N) is 2. The summed E-state index contributed by atoms with van der Waals surface area (Å²) in [6.07, 6.45) is 6.32. The van der Waals surface area contributed by atoms with Crippen LogP contribution in [0.3, 0.4) is 0 Å². The molecule has 0 radical (unpaired) electrons. The number of nitrogens with one attached hydrogen (secondary N) is 1. The van der Waals surface area contributed by atoms with Gasteiger partial charge in [0.2, 0.25) is 0 Å². The van der Waals surface area contributed by atoms with Crippen molar-refractivity contribution in [3.05, 3.63) is 83.6 Å². The molecule has 0 aliphatic heterocycles. The third-order valence-corrected chi connectivity index (χ3v) is 5.83. The molecule has 1 N–H and O–H groups in total. The zero-order chi connectivity index (χ0) is 23.8. The maximum Gasteiger partial charge on any atom is 0.286 e. The van der Waals surface area contributed by atoms with E-state index in [1.165, 1.54) is 22.9 Å². The van der Waals surface area contributed by atoms with Crippen LogP contribution in [-0.4, -0.2) is 28.6 Å². The molecular formula is C28H33N3O3. The number of ether oxygens (including phenoxy) is 1. The fourth-order valence-corrected chi connectivity index (χ4v) is 4.28. The van der Waals surface area contributed by atoms with E-state index < -0.39 is 0 Å². The van der Waals surface area contributed by atoms with Crippen LogP contribution in [0.25, 0.3) is 11.0 Å². The number of carbonyl (C=O) groups is 1. The van der Waals surface area contributed by atoms with Crippen molar-refractivity contribution in [2.24, 2.45) is 0 Å². The van der Waals surface area contributed by atoms with Crippen LogP contribution in [0.15, 0.2) is 65.3 Å². The second-order valence-electron chi connectivity index (χ2n) is 8.74. The smallest absolute Gasteiger partial charge is 0.286 e. The number of carbonyl (C=O) groups excluding carboxylic acids is 1. The van der Waals surface area contributed by atoms with E-state index >= 15 is 0 Å². The summed E-state index contributed by atoms with van der Waals surface area (Å²) in [6, 6.07) is 18.0. The van der Waals surface area contributed by atoms with Gasteiger partial charge < -0.3 is 19.0 Å². The van der Waals surface area contributed by atoms with Crippen LogP contribution in [0.5, 0.6) is 5.75 Å². The molecule has 2 aromatic heterocycles. The monoisotopic (exact) mass is 459 g/mol. The lowest BCUT2D eigenvalue weighted by Crippen LogP contribution is -2.23. The summed E-state index contributed by atoms with van der Waals surface area (Å²) in [5, 5.41) is 2.90. The molecule has 2 aromatic carbocycles. The molecule has 0 bridgehead atoms. The first-order valence-corrected chi connectivity index (χ1v) is 12.1. The molecule has 4 rings (SSSR count). The van der Waals surface area contributed by atoms with Gasteiger partial charge in [0, 0.05) is 19.5 Å². The van der Waals surface area contributed by atoms with Crippen LogP contribution in [0.1, 0.15) is 53.2 Å². The lowest BCUT2D eigenvalue weighted by atomic mass is 10.1. The zero-order valence-electron chi connectivity index (χ0n) is 20.0. The van der Waals surface area contributed by atoms with Crippen LogP contribution in [0, 0.1) is 13.8 Å². The van der Waals surface area contributed by atoms with Crippen LogP contribution in [0.4, 0.5) is 0 Å². The number of furan rings is 1. The normalized spacial score (nSPS) is 11.1. The first kappa shape index (κ1) is 23.6. The SMILES string of the molecule is Cc1cc(C)cc(OCCCn2c(CCCCCNC(=O)c3ccco3)nc3ccccc32)c1. The molecule has 178 valence electrons. The Hall–Kier alpha value is -3.54. The third kappa shape index (κ3) is 6.28. The highest BCUT2D eigenvalue weighted by Gasteiger charge is 2.11. The molecule has 34 heavy (non-hydrogen) atoms. The van der Waals surface area contributed by atoms with Gasteiger partial charge in [-0.15, -0.1) is 0 Å². The molecule has 0 unspecified atom stereocenters. The van der Waals surface area contributed by atoms with Crippen LogP contribution in [-0.2, 0) is 13.0 Å². The van der Waals surface area contributed by atoms with Gasteiger partial charge in [-0.2, -0.15) is 0 Å². The lowest BCUT2D eigenvalue weighted by Gasteiger charge is -2.11. The molecule has 6 heteroatoms. The Labute approximate surface area is 200 Å². The van der Waals surface area contributed by atoms with Gasteiger partial charge >= 0.3 is 0 Å². The number of hydrogen-bond acceptors (Lipinski definition) is 4. The molecule has 4 aromatic rings. The Morgan fingerprint density at radius 2 is 1.82 bits per heavy atom. The Morgan fingerprint density at radius 1 is 1.00 bits per heavy atom. The van der Waals surface area contributed by atoms with Crippen molar-refractivity contribution in [3.63, 3.8) is 0 Å². The van der Waals surface area contributed by atoms with Crippen LogP contribution in [0.2, 0.25) is 0 Å². The van der Waals surface area contributed by atoms with Crippen molar-refractivity contribution < 1.29 is 13.9 Å². The van der Waals surface area contributed by atoms with Gasteiger partial charge in [-0.05, 0) is 80.6 Å². The first-order chi connectivity index (χ1) is 16.6. The first-order valence-electron chi connectivity index (χ1n) is 12.1. The van der Waals surface area contributed by atoms with Gasteiger partial charge in [0.25, 0.3) is 5.91 Å². The van der Waals surface area contributed by atoms with Crippen molar-refractivity contribution >= 4 is 16.9 Å². The van der Waals surface area contributed by atoms with Gasteiger partial charge in [0.15, 0.2) is 5.76 Å². The topological polar surface area (TPSA) is 69.3 Å². The Morgan fingerprint density at radius 3 is 2.62 bits per heavy atom. The molecule has 1 amide bonds. The van der Waals surface area contributed by atoms with Gasteiger partial charge in [-0.1, -0.05) is 24.6 Å². The fraction of sp³-hybridized carbons (Fsp3) is 0.357. The standard InChI is InChI=1S/C28H33N3O3/c1-21-18-22(2)20-23(19-21)33-17-9-15-31-25-11-6-5-10-24(25)30-27(31)13-4-3-7-14-29-28(32)26-12-8-16-34-26/h5-6,8,10-12,16,18-20H,3-4,7,9,13-15,17H2,1-2H3,(H,29,32). The third-order valence-electron chi connectivity index (χ3n) is 5.83. The summed E-state index contributed by atoms with van der Waals surface area (Å²) in [4.78, 5) is 16.8. The van der Waals surface area contributed by atoms with E-state index in [2.05, 4.69) is 60.1 Å². The van der Waals surface area contributed by atoms with Crippen molar-refractivity contribution in [2.45, 2.75) is 52.5 Å². The maximum atomic E-state index is 11.9. The summed E-state index contributed by atoms with van der Waals surface area (Å²) in [5.41, 5.74) is 4.66. The molecule has 0 fully saturated rings. The predicted octanol–water partition coefficient (Wildman–Crippen LogP) is 5.86. The van der Waals surface area contributed by atoms with Crippen molar-refractivity contribution in [1.29, 1.82) is 0 Å². The molecule has 2 heterocycles. The predicted molar refractivity (Wildman–Crippen MR) is 134 cm³/mol. The molecule has 0 saturated carbocycles. The number of benzene rings is 2. The average molecular weight is 460 g/mol. The molecule has 6 nitrogen and oxygen atoms in total. The molecule has 0 spiro atoms. The Balaban J connectivity index is 1.26. The highest BCUT2D eigenvalue weighted by molar-refractivity contribution is 5.91. The van der Waals surface area contributed by atoms with E-state index in [4.69, 9.17) is 14.1 Å². The zero-order valence-corrected chi connectivity index (χ0v) is 20.0. The van der Waals surface area contributed by atoms with Gasteiger partial charge in [-0.3, -0.25) is 4.79 Å². The fourth-order valence-electron chi connectivity index (χ4n) is 4.28. The number of rotatable bonds is 12. The molecule has 0 saturated heterocycles. The van der Waals surface area contributed by atoms with E-state index in [-0.39, 0.29) is 5.91 Å². The lowest BCUT2D eigenvalue weighted by molar-refractivity contribution is 0.0925. The minimum atomic E-state index is -0.158. The van der Waals surface area contributed by atoms with Gasteiger partial charge in [0.05, 0.1) is 23.9 Å². The Kier molecular flexibility index (Phi) is 8.02. The number of fused-ring (bicyclic) bond motifs is 1. The van der Waals surface area contributed by atoms with E-state index in [0.29, 0.717) is 18.9 Å². The quantitative estimate of drug-likeness (QED) is 0.270. The number of amides is 1. The van der Waals surface area contributed by atoms with E-state index in [0.717, 1.165) is 55.7 Å². The maximum absolute atomic E-state index is 11.9. The molecule has 0 aliphatic carbocycles. The van der Waals surface area contributed by atoms with E-state index in [1.54, 1.807) is 12.1 Å². The summed E-state index contributed by atoms with van der Waals surface area (Å²) in [7, 11) is 0. The summed E-state index contributed by atoms with van der Waals surface area (Å²) < 4.78 is 13.5. The highest BCUT2D eigenvalue weighted by atomic mass is 16.5. The average Bonchev–Trinajstić information content (AvgIpc) is 3.47. The number of hydrogen-bond donors (Lipinski definition) is 1. The molecule has 0 atom stereocenters. The highest BCUT2D eigenvalue weighted by Crippen LogP contribution is 2.20. The number of unbranched alkanes of at least 4 members (excludes halogenated alkanes) is 2. The number of aromatic nitrogens is 2.